The van der Waals surface area contributed by atoms with Gasteiger partial charge in [0.25, 0.3) is 5.91 Å². The minimum Gasteiger partial charge on any atom is -0.493 e. The summed E-state index contributed by atoms with van der Waals surface area (Å²) in [4.78, 5) is 24.1. The van der Waals surface area contributed by atoms with Crippen LogP contribution >= 0.6 is 0 Å². The fourth-order valence-corrected chi connectivity index (χ4v) is 2.27. The van der Waals surface area contributed by atoms with Gasteiger partial charge in [0, 0.05) is 19.8 Å². The molecular formula is C18H22N2O5. The van der Waals surface area contributed by atoms with Crippen molar-refractivity contribution in [2.75, 3.05) is 14.2 Å². The van der Waals surface area contributed by atoms with Gasteiger partial charge in [0.05, 0.1) is 14.2 Å². The van der Waals surface area contributed by atoms with Gasteiger partial charge in [-0.05, 0) is 36.8 Å². The highest BCUT2D eigenvalue weighted by molar-refractivity contribution is 5.90. The summed E-state index contributed by atoms with van der Waals surface area (Å²) >= 11 is 0. The maximum absolute atomic E-state index is 12.1. The van der Waals surface area contributed by atoms with Gasteiger partial charge in [0.15, 0.2) is 17.6 Å². The lowest BCUT2D eigenvalue weighted by atomic mass is 10.2. The molecule has 2 aromatic rings. The van der Waals surface area contributed by atoms with E-state index in [-0.39, 0.29) is 12.5 Å². The molecule has 134 valence electrons. The monoisotopic (exact) mass is 346 g/mol. The standard InChI is InChI=1S/C18H22N2O5/c1-12(25-18(22)14-6-5-9-20(14)2)17(21)19-11-13-7-8-15(23-3)16(10-13)24-4/h5-10,12H,11H2,1-4H3,(H,19,21)/t12-/m0/s1. The third-order valence-electron chi connectivity index (χ3n) is 3.72. The van der Waals surface area contributed by atoms with Gasteiger partial charge in [-0.25, -0.2) is 4.79 Å². The summed E-state index contributed by atoms with van der Waals surface area (Å²) in [6, 6.07) is 8.73. The largest absolute Gasteiger partial charge is 0.493 e. The van der Waals surface area contributed by atoms with E-state index in [0.717, 1.165) is 5.56 Å². The molecule has 1 atom stereocenters. The Bertz CT molecular complexity index is 754. The molecule has 7 nitrogen and oxygen atoms in total. The van der Waals surface area contributed by atoms with Crippen molar-refractivity contribution >= 4 is 11.9 Å². The predicted molar refractivity (Wildman–Crippen MR) is 91.7 cm³/mol. The number of aryl methyl sites for hydroxylation is 1. The van der Waals surface area contributed by atoms with Gasteiger partial charge < -0.3 is 24.1 Å². The number of hydrogen-bond acceptors (Lipinski definition) is 5. The molecule has 0 saturated carbocycles. The topological polar surface area (TPSA) is 78.8 Å². The summed E-state index contributed by atoms with van der Waals surface area (Å²) in [5.41, 5.74) is 1.23. The maximum Gasteiger partial charge on any atom is 0.355 e. The molecule has 7 heteroatoms. The normalized spacial score (nSPS) is 11.5. The molecule has 1 aromatic heterocycles. The van der Waals surface area contributed by atoms with Crippen molar-refractivity contribution in [3.8, 4) is 11.5 Å². The van der Waals surface area contributed by atoms with Crippen LogP contribution in [-0.2, 0) is 23.1 Å². The minimum atomic E-state index is -0.900. The number of nitrogens with one attached hydrogen (secondary N) is 1. The predicted octanol–water partition coefficient (Wildman–Crippen LogP) is 1.90. The van der Waals surface area contributed by atoms with Crippen molar-refractivity contribution in [1.82, 2.24) is 9.88 Å². The lowest BCUT2D eigenvalue weighted by molar-refractivity contribution is -0.129. The summed E-state index contributed by atoms with van der Waals surface area (Å²) in [6.45, 7) is 1.82. The van der Waals surface area contributed by atoms with Crippen LogP contribution in [0, 0.1) is 0 Å². The summed E-state index contributed by atoms with van der Waals surface area (Å²) in [6.07, 6.45) is 0.834. The van der Waals surface area contributed by atoms with Gasteiger partial charge in [-0.15, -0.1) is 0 Å². The van der Waals surface area contributed by atoms with E-state index in [0.29, 0.717) is 17.2 Å². The molecule has 0 aliphatic rings. The lowest BCUT2D eigenvalue weighted by Crippen LogP contribution is -2.35. The molecule has 0 fully saturated rings. The zero-order valence-corrected chi connectivity index (χ0v) is 14.7. The van der Waals surface area contributed by atoms with E-state index in [2.05, 4.69) is 5.32 Å². The van der Waals surface area contributed by atoms with Crippen LogP contribution in [0.5, 0.6) is 11.5 Å². The molecule has 2 rings (SSSR count). The van der Waals surface area contributed by atoms with Crippen LogP contribution in [0.3, 0.4) is 0 Å². The van der Waals surface area contributed by atoms with Crippen molar-refractivity contribution < 1.29 is 23.8 Å². The van der Waals surface area contributed by atoms with Crippen LogP contribution < -0.4 is 14.8 Å². The number of methoxy groups -OCH3 is 2. The zero-order chi connectivity index (χ0) is 18.4. The zero-order valence-electron chi connectivity index (χ0n) is 14.7. The minimum absolute atomic E-state index is 0.283. The smallest absolute Gasteiger partial charge is 0.355 e. The van der Waals surface area contributed by atoms with Gasteiger partial charge >= 0.3 is 5.97 Å². The average Bonchev–Trinajstić information content (AvgIpc) is 3.05. The molecule has 1 N–H and O–H groups in total. The molecular weight excluding hydrogens is 324 g/mol. The van der Waals surface area contributed by atoms with Crippen molar-refractivity contribution in [2.45, 2.75) is 19.6 Å². The van der Waals surface area contributed by atoms with Crippen LogP contribution in [0.25, 0.3) is 0 Å². The average molecular weight is 346 g/mol. The highest BCUT2D eigenvalue weighted by Crippen LogP contribution is 2.27. The summed E-state index contributed by atoms with van der Waals surface area (Å²) < 4.78 is 17.2. The summed E-state index contributed by atoms with van der Waals surface area (Å²) in [7, 11) is 4.84. The number of esters is 1. The Morgan fingerprint density at radius 3 is 2.48 bits per heavy atom. The number of aromatic nitrogens is 1. The third-order valence-corrected chi connectivity index (χ3v) is 3.72. The van der Waals surface area contributed by atoms with Crippen LogP contribution in [0.1, 0.15) is 23.0 Å². The Balaban J connectivity index is 1.91. The van der Waals surface area contributed by atoms with Crippen LogP contribution in [0.2, 0.25) is 0 Å². The first-order valence-electron chi connectivity index (χ1n) is 7.77. The first-order chi connectivity index (χ1) is 12.0. The van der Waals surface area contributed by atoms with Crippen LogP contribution in [0.4, 0.5) is 0 Å². The Hall–Kier alpha value is -2.96. The molecule has 1 amide bonds. The highest BCUT2D eigenvalue weighted by Gasteiger charge is 2.20. The number of carbonyl (C=O) groups excluding carboxylic acids is 2. The fraction of sp³-hybridized carbons (Fsp3) is 0.333. The number of benzene rings is 1. The van der Waals surface area contributed by atoms with Crippen molar-refractivity contribution in [3.05, 3.63) is 47.8 Å². The highest BCUT2D eigenvalue weighted by atomic mass is 16.5. The van der Waals surface area contributed by atoms with Crippen LogP contribution in [-0.4, -0.2) is 36.8 Å². The summed E-state index contributed by atoms with van der Waals surface area (Å²) in [5, 5.41) is 2.73. The Morgan fingerprint density at radius 2 is 1.88 bits per heavy atom. The molecule has 0 saturated heterocycles. The first kappa shape index (κ1) is 18.4. The van der Waals surface area contributed by atoms with Crippen molar-refractivity contribution in [1.29, 1.82) is 0 Å². The SMILES string of the molecule is COc1ccc(CNC(=O)[C@H](C)OC(=O)c2cccn2C)cc1OC. The first-order valence-corrected chi connectivity index (χ1v) is 7.77. The van der Waals surface area contributed by atoms with Crippen LogP contribution in [0.15, 0.2) is 36.5 Å². The Kier molecular flexibility index (Phi) is 6.05. The number of rotatable bonds is 7. The second-order valence-electron chi connectivity index (χ2n) is 5.46. The Morgan fingerprint density at radius 1 is 1.16 bits per heavy atom. The number of nitrogens with zero attached hydrogens (tertiary/aromatic N) is 1. The number of amides is 1. The van der Waals surface area contributed by atoms with E-state index in [1.54, 1.807) is 56.3 Å². The lowest BCUT2D eigenvalue weighted by Gasteiger charge is -2.14. The van der Waals surface area contributed by atoms with E-state index >= 15 is 0 Å². The van der Waals surface area contributed by atoms with Crippen molar-refractivity contribution in [2.24, 2.45) is 7.05 Å². The van der Waals surface area contributed by atoms with E-state index in [4.69, 9.17) is 14.2 Å². The maximum atomic E-state index is 12.1. The number of carbonyl (C=O) groups is 2. The number of hydrogen-bond donors (Lipinski definition) is 1. The third kappa shape index (κ3) is 4.53. The van der Waals surface area contributed by atoms with E-state index in [9.17, 15) is 9.59 Å². The molecule has 0 spiro atoms. The van der Waals surface area contributed by atoms with Crippen molar-refractivity contribution in [3.63, 3.8) is 0 Å². The molecule has 0 unspecified atom stereocenters. The molecule has 0 bridgehead atoms. The molecule has 0 aliphatic carbocycles. The van der Waals surface area contributed by atoms with Gasteiger partial charge in [-0.3, -0.25) is 4.79 Å². The second-order valence-corrected chi connectivity index (χ2v) is 5.46. The Labute approximate surface area is 146 Å². The van der Waals surface area contributed by atoms with Gasteiger partial charge in [0.1, 0.15) is 5.69 Å². The second kappa shape index (κ2) is 8.23. The molecule has 0 radical (unpaired) electrons. The van der Waals surface area contributed by atoms with E-state index < -0.39 is 12.1 Å². The van der Waals surface area contributed by atoms with E-state index in [1.165, 1.54) is 6.92 Å². The fourth-order valence-electron chi connectivity index (χ4n) is 2.27. The van der Waals surface area contributed by atoms with E-state index in [1.807, 2.05) is 6.07 Å². The number of ether oxygens (including phenoxy) is 3. The molecule has 1 aromatic carbocycles. The summed E-state index contributed by atoms with van der Waals surface area (Å²) in [5.74, 6) is 0.276. The molecule has 1 heterocycles. The van der Waals surface area contributed by atoms with Gasteiger partial charge in [0.2, 0.25) is 0 Å². The quantitative estimate of drug-likeness (QED) is 0.775. The molecule has 25 heavy (non-hydrogen) atoms. The van der Waals surface area contributed by atoms with Gasteiger partial charge in [-0.1, -0.05) is 6.07 Å². The molecule has 0 aliphatic heterocycles. The van der Waals surface area contributed by atoms with Gasteiger partial charge in [-0.2, -0.15) is 0 Å².